The van der Waals surface area contributed by atoms with E-state index in [0.29, 0.717) is 0 Å². The summed E-state index contributed by atoms with van der Waals surface area (Å²) >= 11 is 1.65. The zero-order valence-electron chi connectivity index (χ0n) is 11.9. The van der Waals surface area contributed by atoms with Gasteiger partial charge < -0.3 is 0 Å². The van der Waals surface area contributed by atoms with Gasteiger partial charge in [0.15, 0.2) is 5.16 Å². The van der Waals surface area contributed by atoms with Gasteiger partial charge in [-0.1, -0.05) is 25.6 Å². The number of thioether (sulfide) groups is 1. The molecule has 4 nitrogen and oxygen atoms in total. The van der Waals surface area contributed by atoms with Crippen LogP contribution in [0.4, 0.5) is 0 Å². The largest absolute Gasteiger partial charge is 0.300 e. The number of aryl methyl sites for hydroxylation is 1. The Hall–Kier alpha value is -1.12. The van der Waals surface area contributed by atoms with Crippen LogP contribution in [0, 0.1) is 18.3 Å². The Labute approximate surface area is 120 Å². The van der Waals surface area contributed by atoms with Crippen molar-refractivity contribution in [3.8, 4) is 6.07 Å². The van der Waals surface area contributed by atoms with E-state index in [9.17, 15) is 5.26 Å². The molecule has 0 bridgehead atoms. The highest BCUT2D eigenvalue weighted by molar-refractivity contribution is 7.99. The van der Waals surface area contributed by atoms with E-state index >= 15 is 0 Å². The maximum absolute atomic E-state index is 9.32. The molecule has 0 aliphatic heterocycles. The van der Waals surface area contributed by atoms with Crippen molar-refractivity contribution in [1.29, 1.82) is 5.26 Å². The lowest BCUT2D eigenvalue weighted by Crippen LogP contribution is -2.43. The molecule has 0 amide bonds. The number of hydrogen-bond donors (Lipinski definition) is 1. The van der Waals surface area contributed by atoms with Gasteiger partial charge in [-0.05, 0) is 38.8 Å². The second-order valence-electron chi connectivity index (χ2n) is 4.51. The third-order valence-corrected chi connectivity index (χ3v) is 4.03. The van der Waals surface area contributed by atoms with Crippen molar-refractivity contribution < 1.29 is 0 Å². The first-order valence-corrected chi connectivity index (χ1v) is 7.73. The lowest BCUT2D eigenvalue weighted by atomic mass is 9.92. The molecule has 1 aromatic heterocycles. The molecule has 0 aliphatic rings. The normalized spacial score (nSPS) is 13.8. The van der Waals surface area contributed by atoms with Crippen molar-refractivity contribution in [2.45, 2.75) is 50.7 Å². The summed E-state index contributed by atoms with van der Waals surface area (Å²) in [5, 5.41) is 13.4. The van der Waals surface area contributed by atoms with Crippen molar-refractivity contribution in [1.82, 2.24) is 15.3 Å². The van der Waals surface area contributed by atoms with Crippen LogP contribution >= 0.6 is 11.8 Å². The van der Waals surface area contributed by atoms with Crippen molar-refractivity contribution >= 4 is 11.8 Å². The number of aromatic nitrogens is 2. The van der Waals surface area contributed by atoms with E-state index in [0.717, 1.165) is 42.4 Å². The molecule has 1 heterocycles. The van der Waals surface area contributed by atoms with E-state index in [4.69, 9.17) is 0 Å². The van der Waals surface area contributed by atoms with Gasteiger partial charge in [0.25, 0.3) is 0 Å². The third-order valence-electron chi connectivity index (χ3n) is 3.08. The van der Waals surface area contributed by atoms with Crippen LogP contribution in [0.1, 0.15) is 38.8 Å². The number of hydrogen-bond acceptors (Lipinski definition) is 5. The monoisotopic (exact) mass is 278 g/mol. The van der Waals surface area contributed by atoms with Crippen molar-refractivity contribution in [3.05, 3.63) is 18.0 Å². The van der Waals surface area contributed by atoms with Crippen molar-refractivity contribution in [3.63, 3.8) is 0 Å². The first kappa shape index (κ1) is 15.9. The smallest absolute Gasteiger partial charge is 0.187 e. The molecule has 1 aromatic rings. The van der Waals surface area contributed by atoms with E-state index in [1.165, 1.54) is 0 Å². The Balaban J connectivity index is 2.39. The van der Waals surface area contributed by atoms with Crippen LogP contribution in [0.25, 0.3) is 0 Å². The van der Waals surface area contributed by atoms with Crippen LogP contribution in [0.3, 0.4) is 0 Å². The lowest BCUT2D eigenvalue weighted by Gasteiger charge is -2.25. The van der Waals surface area contributed by atoms with Crippen LogP contribution in [0.15, 0.2) is 17.4 Å². The fourth-order valence-corrected chi connectivity index (χ4v) is 2.75. The summed E-state index contributed by atoms with van der Waals surface area (Å²) in [5.41, 5.74) is 0.619. The van der Waals surface area contributed by atoms with Gasteiger partial charge in [-0.2, -0.15) is 5.26 Å². The minimum Gasteiger partial charge on any atom is -0.300 e. The average Bonchev–Trinajstić information content (AvgIpc) is 2.42. The molecular weight excluding hydrogens is 256 g/mol. The molecule has 0 radical (unpaired) electrons. The highest BCUT2D eigenvalue weighted by atomic mass is 32.2. The maximum atomic E-state index is 9.32. The van der Waals surface area contributed by atoms with Gasteiger partial charge in [0.1, 0.15) is 5.54 Å². The zero-order chi connectivity index (χ0) is 14.1. The molecular formula is C14H22N4S. The highest BCUT2D eigenvalue weighted by Gasteiger charge is 2.25. The number of nitrogens with zero attached hydrogens (tertiary/aromatic N) is 3. The molecule has 5 heteroatoms. The fraction of sp³-hybridized carbons (Fsp3) is 0.643. The number of nitrogens with one attached hydrogen (secondary N) is 1. The molecule has 0 saturated carbocycles. The number of rotatable bonds is 8. The third kappa shape index (κ3) is 5.17. The van der Waals surface area contributed by atoms with Gasteiger partial charge in [0, 0.05) is 17.6 Å². The Morgan fingerprint density at radius 3 is 2.84 bits per heavy atom. The summed E-state index contributed by atoms with van der Waals surface area (Å²) in [6, 6.07) is 4.32. The molecule has 0 saturated heterocycles. The van der Waals surface area contributed by atoms with Gasteiger partial charge in [-0.15, -0.1) is 0 Å². The molecule has 0 spiro atoms. The molecule has 1 rings (SSSR count). The van der Waals surface area contributed by atoms with Crippen molar-refractivity contribution in [2.75, 3.05) is 12.3 Å². The maximum Gasteiger partial charge on any atom is 0.187 e. The Kier molecular flexibility index (Phi) is 6.82. The van der Waals surface area contributed by atoms with Crippen LogP contribution in [0.2, 0.25) is 0 Å². The second kappa shape index (κ2) is 8.13. The molecule has 1 unspecified atom stereocenters. The van der Waals surface area contributed by atoms with E-state index < -0.39 is 0 Å². The van der Waals surface area contributed by atoms with Crippen LogP contribution in [-0.4, -0.2) is 27.8 Å². The van der Waals surface area contributed by atoms with Crippen LogP contribution < -0.4 is 5.32 Å². The average molecular weight is 278 g/mol. The fourth-order valence-electron chi connectivity index (χ4n) is 1.94. The van der Waals surface area contributed by atoms with E-state index in [-0.39, 0.29) is 5.54 Å². The molecule has 19 heavy (non-hydrogen) atoms. The molecule has 0 fully saturated rings. The van der Waals surface area contributed by atoms with E-state index in [2.05, 4.69) is 28.3 Å². The molecule has 104 valence electrons. The van der Waals surface area contributed by atoms with Crippen LogP contribution in [-0.2, 0) is 0 Å². The standard InChI is InChI=1S/C14H22N4S/c1-4-14(11-15,17-5-2)8-6-10-19-13-16-9-7-12(3)18-13/h7,9,17H,4-6,8,10H2,1-3H3. The first-order chi connectivity index (χ1) is 9.15. The Bertz CT molecular complexity index is 430. The first-order valence-electron chi connectivity index (χ1n) is 6.74. The summed E-state index contributed by atoms with van der Waals surface area (Å²) < 4.78 is 0. The van der Waals surface area contributed by atoms with Crippen LogP contribution in [0.5, 0.6) is 0 Å². The van der Waals surface area contributed by atoms with Gasteiger partial charge in [-0.3, -0.25) is 5.32 Å². The Morgan fingerprint density at radius 1 is 1.47 bits per heavy atom. The Morgan fingerprint density at radius 2 is 2.26 bits per heavy atom. The quantitative estimate of drug-likeness (QED) is 0.450. The summed E-state index contributed by atoms with van der Waals surface area (Å²) in [4.78, 5) is 8.58. The minimum absolute atomic E-state index is 0.372. The minimum atomic E-state index is -0.372. The van der Waals surface area contributed by atoms with E-state index in [1.807, 2.05) is 19.9 Å². The number of nitriles is 1. The predicted molar refractivity (Wildman–Crippen MR) is 79.0 cm³/mol. The molecule has 0 aliphatic carbocycles. The molecule has 1 atom stereocenters. The van der Waals surface area contributed by atoms with E-state index in [1.54, 1.807) is 18.0 Å². The summed E-state index contributed by atoms with van der Waals surface area (Å²) in [6.45, 7) is 6.89. The topological polar surface area (TPSA) is 61.6 Å². The summed E-state index contributed by atoms with van der Waals surface area (Å²) in [6.07, 6.45) is 4.47. The molecule has 1 N–H and O–H groups in total. The SMILES string of the molecule is CCNC(C#N)(CC)CCCSc1nccc(C)n1. The summed E-state index contributed by atoms with van der Waals surface area (Å²) in [5.74, 6) is 0.943. The second-order valence-corrected chi connectivity index (χ2v) is 5.57. The lowest BCUT2D eigenvalue weighted by molar-refractivity contribution is 0.379. The summed E-state index contributed by atoms with van der Waals surface area (Å²) in [7, 11) is 0. The van der Waals surface area contributed by atoms with Gasteiger partial charge >= 0.3 is 0 Å². The predicted octanol–water partition coefficient (Wildman–Crippen LogP) is 2.94. The van der Waals surface area contributed by atoms with Gasteiger partial charge in [0.2, 0.25) is 0 Å². The van der Waals surface area contributed by atoms with Crippen molar-refractivity contribution in [2.24, 2.45) is 0 Å². The zero-order valence-corrected chi connectivity index (χ0v) is 12.8. The van der Waals surface area contributed by atoms with Gasteiger partial charge in [-0.25, -0.2) is 9.97 Å². The van der Waals surface area contributed by atoms with Gasteiger partial charge in [0.05, 0.1) is 6.07 Å². The highest BCUT2D eigenvalue weighted by Crippen LogP contribution is 2.20. The molecule has 0 aromatic carbocycles.